The van der Waals surface area contributed by atoms with Crippen molar-refractivity contribution in [3.8, 4) is 33.4 Å². The molecule has 2 nitrogen and oxygen atoms in total. The summed E-state index contributed by atoms with van der Waals surface area (Å²) in [4.78, 5) is 4.92. The number of nitrogens with zero attached hydrogens (tertiary/aromatic N) is 2. The van der Waals surface area contributed by atoms with E-state index < -0.39 is 5.41 Å². The Labute approximate surface area is 377 Å². The van der Waals surface area contributed by atoms with Crippen LogP contribution in [-0.4, -0.2) is 0 Å². The number of hydrogen-bond acceptors (Lipinski definition) is 3. The van der Waals surface area contributed by atoms with E-state index in [1.165, 1.54) is 81.5 Å². The van der Waals surface area contributed by atoms with Gasteiger partial charge in [0, 0.05) is 43.8 Å². The Morgan fingerprint density at radius 2 is 0.766 bits per heavy atom. The lowest BCUT2D eigenvalue weighted by molar-refractivity contribution is 0.793. The predicted molar refractivity (Wildman–Crippen MR) is 270 cm³/mol. The zero-order valence-electron chi connectivity index (χ0n) is 34.9. The Morgan fingerprint density at radius 1 is 0.297 bits per heavy atom. The monoisotopic (exact) mass is 832 g/mol. The summed E-state index contributed by atoms with van der Waals surface area (Å²) in [5, 5.41) is 2.57. The first-order chi connectivity index (χ1) is 31.8. The van der Waals surface area contributed by atoms with Gasteiger partial charge in [-0.05, 0) is 117 Å². The third kappa shape index (κ3) is 5.38. The lowest BCUT2D eigenvalue weighted by atomic mass is 9.70. The molecule has 0 aliphatic heterocycles. The Kier molecular flexibility index (Phi) is 8.34. The van der Waals surface area contributed by atoms with E-state index in [-0.39, 0.29) is 0 Å². The minimum atomic E-state index is -0.572. The van der Waals surface area contributed by atoms with Crippen LogP contribution in [0.25, 0.3) is 53.6 Å². The average molecular weight is 833 g/mol. The van der Waals surface area contributed by atoms with Crippen molar-refractivity contribution in [3.05, 3.63) is 265 Å². The lowest BCUT2D eigenvalue weighted by Gasteiger charge is -2.33. The molecule has 1 heterocycles. The van der Waals surface area contributed by atoms with Crippen molar-refractivity contribution in [1.29, 1.82) is 0 Å². The Balaban J connectivity index is 1.10. The van der Waals surface area contributed by atoms with E-state index in [1.807, 2.05) is 11.3 Å². The summed E-state index contributed by atoms with van der Waals surface area (Å²) in [6, 6.07) is 89.6. The molecule has 1 spiro atoms. The van der Waals surface area contributed by atoms with Crippen molar-refractivity contribution in [2.75, 3.05) is 9.80 Å². The molecule has 0 radical (unpaired) electrons. The molecular weight excluding hydrogens is 793 g/mol. The molecule has 64 heavy (non-hydrogen) atoms. The molecule has 0 N–H and O–H groups in total. The maximum absolute atomic E-state index is 2.53. The van der Waals surface area contributed by atoms with Crippen LogP contribution >= 0.6 is 11.3 Å². The van der Waals surface area contributed by atoms with Gasteiger partial charge in [0.05, 0.1) is 21.5 Å². The van der Waals surface area contributed by atoms with Crippen LogP contribution in [0.15, 0.2) is 243 Å². The van der Waals surface area contributed by atoms with Gasteiger partial charge >= 0.3 is 0 Å². The highest BCUT2D eigenvalue weighted by Crippen LogP contribution is 2.64. The normalized spacial score (nSPS) is 14.3. The van der Waals surface area contributed by atoms with Crippen LogP contribution in [-0.2, 0) is 5.41 Å². The number of benzene rings is 10. The van der Waals surface area contributed by atoms with Crippen LogP contribution in [0.4, 0.5) is 34.1 Å². The fourth-order valence-corrected chi connectivity index (χ4v) is 12.0. The van der Waals surface area contributed by atoms with Crippen LogP contribution in [0.1, 0.15) is 22.3 Å². The van der Waals surface area contributed by atoms with Gasteiger partial charge in [0.1, 0.15) is 0 Å². The molecular formula is C61H40N2S. The second kappa shape index (κ2) is 14.6. The smallest absolute Gasteiger partial charge is 0.0727 e. The van der Waals surface area contributed by atoms with Crippen LogP contribution in [0.5, 0.6) is 0 Å². The number of para-hydroxylation sites is 3. The summed E-state index contributed by atoms with van der Waals surface area (Å²) < 4.78 is 2.56. The molecule has 11 aromatic rings. The fraction of sp³-hybridized carbons (Fsp3) is 0.0164. The standard InChI is InChI=1S/C61H40N2S/c1-4-19-41(20-5-1)46-25-12-16-32-57(46)63(58-33-18-29-52-51-28-13-17-34-59(51)64-60(52)58)45-36-38-50-48-27-11-15-31-54(48)61(56(50)40-45)53-30-14-10-26-47(53)49-37-35-44(39-55(49)61)62(42-21-6-2-7-22-42)43-23-8-3-9-24-43/h1-40H. The van der Waals surface area contributed by atoms with Crippen LogP contribution in [0, 0.1) is 0 Å². The second-order valence-electron chi connectivity index (χ2n) is 16.8. The molecule has 0 saturated carbocycles. The average Bonchev–Trinajstić information content (AvgIpc) is 4.00. The molecule has 0 fully saturated rings. The Morgan fingerprint density at radius 3 is 1.41 bits per heavy atom. The van der Waals surface area contributed by atoms with Crippen molar-refractivity contribution < 1.29 is 0 Å². The molecule has 13 rings (SSSR count). The highest BCUT2D eigenvalue weighted by Gasteiger charge is 2.52. The largest absolute Gasteiger partial charge is 0.310 e. The zero-order valence-corrected chi connectivity index (χ0v) is 35.7. The maximum Gasteiger partial charge on any atom is 0.0727 e. The highest BCUT2D eigenvalue weighted by molar-refractivity contribution is 7.26. The molecule has 0 amide bonds. The molecule has 1 aromatic heterocycles. The van der Waals surface area contributed by atoms with Gasteiger partial charge in [-0.15, -0.1) is 11.3 Å². The number of thiophene rings is 1. The van der Waals surface area contributed by atoms with Crippen LogP contribution in [0.2, 0.25) is 0 Å². The summed E-state index contributed by atoms with van der Waals surface area (Å²) in [6.07, 6.45) is 0. The first kappa shape index (κ1) is 36.7. The van der Waals surface area contributed by atoms with Crippen molar-refractivity contribution in [3.63, 3.8) is 0 Å². The van der Waals surface area contributed by atoms with Crippen LogP contribution in [0.3, 0.4) is 0 Å². The molecule has 2 aliphatic rings. The molecule has 10 aromatic carbocycles. The van der Waals surface area contributed by atoms with Gasteiger partial charge in [0.15, 0.2) is 0 Å². The van der Waals surface area contributed by atoms with E-state index >= 15 is 0 Å². The predicted octanol–water partition coefficient (Wildman–Crippen LogP) is 17.0. The minimum Gasteiger partial charge on any atom is -0.310 e. The number of anilines is 6. The van der Waals surface area contributed by atoms with Crippen molar-refractivity contribution in [2.45, 2.75) is 5.41 Å². The molecule has 0 bridgehead atoms. The topological polar surface area (TPSA) is 6.48 Å². The van der Waals surface area contributed by atoms with E-state index in [0.717, 1.165) is 28.4 Å². The molecule has 3 heteroatoms. The first-order valence-corrected chi connectivity index (χ1v) is 22.8. The molecule has 0 saturated heterocycles. The van der Waals surface area contributed by atoms with E-state index in [4.69, 9.17) is 0 Å². The van der Waals surface area contributed by atoms with E-state index in [0.29, 0.717) is 0 Å². The second-order valence-corrected chi connectivity index (χ2v) is 17.8. The first-order valence-electron chi connectivity index (χ1n) is 22.0. The summed E-state index contributed by atoms with van der Waals surface area (Å²) in [5.41, 5.74) is 18.9. The third-order valence-electron chi connectivity index (χ3n) is 13.5. The van der Waals surface area contributed by atoms with Gasteiger partial charge in [-0.25, -0.2) is 0 Å². The van der Waals surface area contributed by atoms with Gasteiger partial charge in [0.2, 0.25) is 0 Å². The summed E-state index contributed by atoms with van der Waals surface area (Å²) in [5.74, 6) is 0. The van der Waals surface area contributed by atoms with Crippen molar-refractivity contribution in [2.24, 2.45) is 0 Å². The van der Waals surface area contributed by atoms with E-state index in [2.05, 4.69) is 252 Å². The van der Waals surface area contributed by atoms with Crippen molar-refractivity contribution >= 4 is 65.6 Å². The lowest BCUT2D eigenvalue weighted by Crippen LogP contribution is -2.26. The van der Waals surface area contributed by atoms with Crippen molar-refractivity contribution in [1.82, 2.24) is 0 Å². The fourth-order valence-electron chi connectivity index (χ4n) is 10.8. The molecule has 1 atom stereocenters. The number of hydrogen-bond donors (Lipinski definition) is 0. The van der Waals surface area contributed by atoms with Gasteiger partial charge in [0.25, 0.3) is 0 Å². The highest BCUT2D eigenvalue weighted by atomic mass is 32.1. The van der Waals surface area contributed by atoms with Crippen LogP contribution < -0.4 is 9.80 Å². The minimum absolute atomic E-state index is 0.572. The van der Waals surface area contributed by atoms with Gasteiger partial charge < -0.3 is 9.80 Å². The quantitative estimate of drug-likeness (QED) is 0.158. The van der Waals surface area contributed by atoms with Gasteiger partial charge in [-0.3, -0.25) is 0 Å². The summed E-state index contributed by atoms with van der Waals surface area (Å²) >= 11 is 1.88. The Hall–Kier alpha value is -7.98. The Bertz CT molecular complexity index is 3520. The molecule has 2 aliphatic carbocycles. The third-order valence-corrected chi connectivity index (χ3v) is 14.7. The number of rotatable bonds is 7. The molecule has 300 valence electrons. The molecule has 1 unspecified atom stereocenters. The maximum atomic E-state index is 2.53. The SMILES string of the molecule is c1ccc(-c2ccccc2N(c2ccc3c(c2)C2(c4ccccc4-c4ccc(N(c5ccccc5)c5ccccc5)cc42)c2ccccc2-3)c2cccc3c2sc2ccccc23)cc1. The number of fused-ring (bicyclic) bond motifs is 13. The summed E-state index contributed by atoms with van der Waals surface area (Å²) in [6.45, 7) is 0. The zero-order chi connectivity index (χ0) is 42.2. The summed E-state index contributed by atoms with van der Waals surface area (Å²) in [7, 11) is 0. The van der Waals surface area contributed by atoms with Gasteiger partial charge in [-0.2, -0.15) is 0 Å². The van der Waals surface area contributed by atoms with Gasteiger partial charge in [-0.1, -0.05) is 176 Å². The van der Waals surface area contributed by atoms with E-state index in [1.54, 1.807) is 0 Å². The van der Waals surface area contributed by atoms with E-state index in [9.17, 15) is 0 Å².